The first-order chi connectivity index (χ1) is 17.7. The molecule has 1 unspecified atom stereocenters. The summed E-state index contributed by atoms with van der Waals surface area (Å²) in [4.78, 5) is 27.8. The van der Waals surface area contributed by atoms with Gasteiger partial charge < -0.3 is 15.0 Å². The minimum absolute atomic E-state index is 0.0116. The Labute approximate surface area is 222 Å². The van der Waals surface area contributed by atoms with Gasteiger partial charge in [-0.25, -0.2) is 8.42 Å². The van der Waals surface area contributed by atoms with E-state index in [1.807, 2.05) is 30.3 Å². The highest BCUT2D eigenvalue weighted by molar-refractivity contribution is 7.92. The number of ether oxygens (including phenoxy) is 1. The number of nitrogens with one attached hydrogen (secondary N) is 1. The Balaban J connectivity index is 2.01. The number of rotatable bonds is 11. The van der Waals surface area contributed by atoms with Crippen LogP contribution in [0.4, 0.5) is 5.69 Å². The molecule has 0 aliphatic heterocycles. The van der Waals surface area contributed by atoms with Gasteiger partial charge in [-0.1, -0.05) is 41.9 Å². The topological polar surface area (TPSA) is 96.0 Å². The zero-order chi connectivity index (χ0) is 27.0. The highest BCUT2D eigenvalue weighted by Crippen LogP contribution is 2.27. The normalized spacial score (nSPS) is 11.9. The summed E-state index contributed by atoms with van der Waals surface area (Å²) in [6.45, 7) is 3.43. The van der Waals surface area contributed by atoms with Crippen LogP contribution >= 0.6 is 11.6 Å². The number of hydrogen-bond acceptors (Lipinski definition) is 5. The number of carbonyl (C=O) groups is 2. The van der Waals surface area contributed by atoms with E-state index in [0.717, 1.165) is 9.87 Å². The lowest BCUT2D eigenvalue weighted by Crippen LogP contribution is -2.51. The number of benzene rings is 3. The highest BCUT2D eigenvalue weighted by atomic mass is 35.5. The summed E-state index contributed by atoms with van der Waals surface area (Å²) in [7, 11) is -2.68. The molecule has 0 aliphatic rings. The van der Waals surface area contributed by atoms with E-state index in [2.05, 4.69) is 5.32 Å². The van der Waals surface area contributed by atoms with Crippen LogP contribution in [-0.4, -0.2) is 51.4 Å². The van der Waals surface area contributed by atoms with E-state index >= 15 is 0 Å². The van der Waals surface area contributed by atoms with Crippen molar-refractivity contribution in [2.24, 2.45) is 0 Å². The molecule has 0 saturated carbocycles. The Morgan fingerprint density at radius 3 is 2.16 bits per heavy atom. The number of sulfonamides is 1. The van der Waals surface area contributed by atoms with Crippen molar-refractivity contribution in [2.75, 3.05) is 24.5 Å². The predicted molar refractivity (Wildman–Crippen MR) is 144 cm³/mol. The molecule has 1 atom stereocenters. The van der Waals surface area contributed by atoms with Crippen LogP contribution in [0.15, 0.2) is 83.8 Å². The smallest absolute Gasteiger partial charge is 0.264 e. The first-order valence-corrected chi connectivity index (χ1v) is 13.5. The number of hydrogen-bond donors (Lipinski definition) is 1. The van der Waals surface area contributed by atoms with Gasteiger partial charge in [0.15, 0.2) is 0 Å². The van der Waals surface area contributed by atoms with Gasteiger partial charge in [0, 0.05) is 18.1 Å². The van der Waals surface area contributed by atoms with Crippen molar-refractivity contribution in [1.82, 2.24) is 10.2 Å². The van der Waals surface area contributed by atoms with E-state index in [1.54, 1.807) is 26.0 Å². The van der Waals surface area contributed by atoms with E-state index < -0.39 is 28.5 Å². The third-order valence-corrected chi connectivity index (χ3v) is 7.80. The highest BCUT2D eigenvalue weighted by Gasteiger charge is 2.32. The summed E-state index contributed by atoms with van der Waals surface area (Å²) >= 11 is 6.03. The van der Waals surface area contributed by atoms with E-state index in [9.17, 15) is 18.0 Å². The first kappa shape index (κ1) is 28.0. The second-order valence-electron chi connectivity index (χ2n) is 8.24. The van der Waals surface area contributed by atoms with Gasteiger partial charge >= 0.3 is 0 Å². The molecule has 196 valence electrons. The summed E-state index contributed by atoms with van der Waals surface area (Å²) in [6, 6.07) is 20.5. The largest absolute Gasteiger partial charge is 0.497 e. The van der Waals surface area contributed by atoms with Crippen molar-refractivity contribution in [3.8, 4) is 5.75 Å². The number of amides is 2. The minimum Gasteiger partial charge on any atom is -0.497 e. The van der Waals surface area contributed by atoms with Crippen molar-refractivity contribution >= 4 is 39.1 Å². The second-order valence-corrected chi connectivity index (χ2v) is 10.5. The molecule has 37 heavy (non-hydrogen) atoms. The van der Waals surface area contributed by atoms with Crippen LogP contribution < -0.4 is 14.4 Å². The molecule has 0 radical (unpaired) electrons. The van der Waals surface area contributed by atoms with Gasteiger partial charge in [0.25, 0.3) is 10.0 Å². The summed E-state index contributed by atoms with van der Waals surface area (Å²) < 4.78 is 33.6. The van der Waals surface area contributed by atoms with Crippen LogP contribution in [0, 0.1) is 0 Å². The minimum atomic E-state index is -4.16. The number of methoxy groups -OCH3 is 1. The fourth-order valence-electron chi connectivity index (χ4n) is 3.70. The van der Waals surface area contributed by atoms with Gasteiger partial charge in [0.05, 0.1) is 17.7 Å². The van der Waals surface area contributed by atoms with Gasteiger partial charge in [0.2, 0.25) is 11.8 Å². The molecule has 3 aromatic carbocycles. The van der Waals surface area contributed by atoms with Crippen molar-refractivity contribution in [3.05, 3.63) is 89.4 Å². The molecular weight excluding hydrogens is 514 g/mol. The molecule has 3 aromatic rings. The van der Waals surface area contributed by atoms with Gasteiger partial charge in [-0.15, -0.1) is 0 Å². The van der Waals surface area contributed by atoms with E-state index in [-0.39, 0.29) is 23.0 Å². The molecule has 0 bridgehead atoms. The summed E-state index contributed by atoms with van der Waals surface area (Å²) in [5, 5.41) is 3.16. The summed E-state index contributed by atoms with van der Waals surface area (Å²) in [5.74, 6) is -0.365. The number of nitrogens with zero attached hydrogens (tertiary/aromatic N) is 2. The zero-order valence-electron chi connectivity index (χ0n) is 20.9. The van der Waals surface area contributed by atoms with Crippen LogP contribution in [0.2, 0.25) is 5.02 Å². The molecule has 0 aromatic heterocycles. The first-order valence-electron chi connectivity index (χ1n) is 11.7. The fourth-order valence-corrected chi connectivity index (χ4v) is 5.24. The van der Waals surface area contributed by atoms with Crippen LogP contribution in [0.3, 0.4) is 0 Å². The molecular formula is C27H30ClN3O5S. The lowest BCUT2D eigenvalue weighted by atomic mass is 10.1. The van der Waals surface area contributed by atoms with Gasteiger partial charge in [-0.05, 0) is 67.9 Å². The molecule has 0 aliphatic carbocycles. The molecule has 0 fully saturated rings. The van der Waals surface area contributed by atoms with Gasteiger partial charge in [0.1, 0.15) is 18.3 Å². The lowest BCUT2D eigenvalue weighted by molar-refractivity contribution is -0.139. The van der Waals surface area contributed by atoms with Gasteiger partial charge in [-0.2, -0.15) is 0 Å². The summed E-state index contributed by atoms with van der Waals surface area (Å²) in [5.41, 5.74) is 1.07. The third-order valence-electron chi connectivity index (χ3n) is 5.75. The SMILES string of the molecule is CCNC(=O)C(C)N(Cc1ccccc1)C(=O)CN(c1ccc(Cl)cc1)S(=O)(=O)c1ccc(OC)cc1. The molecule has 2 amide bonds. The Bertz CT molecular complexity index is 1300. The molecule has 8 nitrogen and oxygen atoms in total. The van der Waals surface area contributed by atoms with Crippen LogP contribution in [0.1, 0.15) is 19.4 Å². The summed E-state index contributed by atoms with van der Waals surface area (Å²) in [6.07, 6.45) is 0. The number of halogens is 1. The van der Waals surface area contributed by atoms with Gasteiger partial charge in [-0.3, -0.25) is 13.9 Å². The maximum atomic E-state index is 13.7. The van der Waals surface area contributed by atoms with E-state index in [0.29, 0.717) is 17.3 Å². The number of carbonyl (C=O) groups excluding carboxylic acids is 2. The number of likely N-dealkylation sites (N-methyl/N-ethyl adjacent to an activating group) is 1. The Hall–Kier alpha value is -3.56. The quantitative estimate of drug-likeness (QED) is 0.393. The molecule has 0 heterocycles. The van der Waals surface area contributed by atoms with Crippen molar-refractivity contribution in [3.63, 3.8) is 0 Å². The van der Waals surface area contributed by atoms with Crippen LogP contribution in [0.5, 0.6) is 5.75 Å². The average Bonchev–Trinajstić information content (AvgIpc) is 2.91. The molecule has 3 rings (SSSR count). The second kappa shape index (κ2) is 12.6. The standard InChI is InChI=1S/C27H30ClN3O5S/c1-4-29-27(33)20(2)30(18-21-8-6-5-7-9-21)26(32)19-31(23-12-10-22(28)11-13-23)37(34,35)25-16-14-24(36-3)15-17-25/h5-17,20H,4,18-19H2,1-3H3,(H,29,33). The predicted octanol–water partition coefficient (Wildman–Crippen LogP) is 4.10. The molecule has 1 N–H and O–H groups in total. The maximum absolute atomic E-state index is 13.7. The van der Waals surface area contributed by atoms with Crippen molar-refractivity contribution in [2.45, 2.75) is 31.3 Å². The van der Waals surface area contributed by atoms with E-state index in [4.69, 9.17) is 16.3 Å². The Kier molecular flexibility index (Phi) is 9.54. The maximum Gasteiger partial charge on any atom is 0.264 e. The van der Waals surface area contributed by atoms with Crippen LogP contribution in [0.25, 0.3) is 0 Å². The Morgan fingerprint density at radius 1 is 0.973 bits per heavy atom. The van der Waals surface area contributed by atoms with Crippen LogP contribution in [-0.2, 0) is 26.2 Å². The third kappa shape index (κ3) is 7.02. The molecule has 0 saturated heterocycles. The molecule has 0 spiro atoms. The van der Waals surface area contributed by atoms with Crippen molar-refractivity contribution < 1.29 is 22.7 Å². The molecule has 10 heteroatoms. The fraction of sp³-hybridized carbons (Fsp3) is 0.259. The average molecular weight is 544 g/mol. The monoisotopic (exact) mass is 543 g/mol. The lowest BCUT2D eigenvalue weighted by Gasteiger charge is -2.32. The zero-order valence-corrected chi connectivity index (χ0v) is 22.5. The number of anilines is 1. The Morgan fingerprint density at radius 2 is 1.59 bits per heavy atom. The van der Waals surface area contributed by atoms with Crippen molar-refractivity contribution in [1.29, 1.82) is 0 Å². The van der Waals surface area contributed by atoms with E-state index in [1.165, 1.54) is 48.4 Å².